The van der Waals surface area contributed by atoms with E-state index in [0.29, 0.717) is 12.3 Å². The highest BCUT2D eigenvalue weighted by molar-refractivity contribution is 5.91. The van der Waals surface area contributed by atoms with Gasteiger partial charge in [-0.2, -0.15) is 0 Å². The van der Waals surface area contributed by atoms with Crippen molar-refractivity contribution in [2.24, 2.45) is 0 Å². The second-order valence-corrected chi connectivity index (χ2v) is 5.10. The third kappa shape index (κ3) is 5.48. The highest BCUT2D eigenvalue weighted by Crippen LogP contribution is 2.11. The maximum atomic E-state index is 11.6. The fourth-order valence-electron chi connectivity index (χ4n) is 2.10. The van der Waals surface area contributed by atoms with Crippen LogP contribution in [0.2, 0.25) is 0 Å². The van der Waals surface area contributed by atoms with Gasteiger partial charge in [0.15, 0.2) is 0 Å². The minimum absolute atomic E-state index is 0.0900. The minimum Gasteiger partial charge on any atom is -0.465 e. The van der Waals surface area contributed by atoms with Crippen LogP contribution in [0.5, 0.6) is 0 Å². The zero-order chi connectivity index (χ0) is 15.6. The number of unbranched alkanes of at least 4 members (excludes halogenated alkanes) is 1. The molecule has 1 amide bonds. The van der Waals surface area contributed by atoms with E-state index in [1.165, 1.54) is 11.8 Å². The number of hydrogen-bond acceptors (Lipinski definition) is 3. The molecule has 116 valence electrons. The van der Waals surface area contributed by atoms with Crippen LogP contribution in [0.25, 0.3) is 6.08 Å². The normalized spacial score (nSPS) is 10.8. The first kappa shape index (κ1) is 15.9. The summed E-state index contributed by atoms with van der Waals surface area (Å²) >= 11 is 0. The molecular weight excluding hydrogens is 276 g/mol. The zero-order valence-corrected chi connectivity index (χ0v) is 12.9. The van der Waals surface area contributed by atoms with Gasteiger partial charge in [0.2, 0.25) is 5.91 Å². The standard InChI is InChI=1S/C18H22N2O2/c1-20(16-8-3-2-4-9-16)14-6-5-13-19-18(21)12-11-17-10-7-15-22-17/h2-4,7-12,15H,5-6,13-14H2,1H3,(H,19,21). The van der Waals surface area contributed by atoms with Crippen LogP contribution >= 0.6 is 0 Å². The number of nitrogens with zero attached hydrogens (tertiary/aromatic N) is 1. The number of nitrogens with one attached hydrogen (secondary N) is 1. The maximum Gasteiger partial charge on any atom is 0.244 e. The van der Waals surface area contributed by atoms with E-state index in [1.807, 2.05) is 24.3 Å². The zero-order valence-electron chi connectivity index (χ0n) is 12.9. The van der Waals surface area contributed by atoms with Gasteiger partial charge < -0.3 is 14.6 Å². The molecule has 0 aliphatic heterocycles. The van der Waals surface area contributed by atoms with Gasteiger partial charge in [-0.1, -0.05) is 18.2 Å². The molecule has 0 aliphatic carbocycles. The van der Waals surface area contributed by atoms with Crippen LogP contribution < -0.4 is 10.2 Å². The SMILES string of the molecule is CN(CCCCNC(=O)C=Cc1ccco1)c1ccccc1. The predicted molar refractivity (Wildman–Crippen MR) is 89.7 cm³/mol. The van der Waals surface area contributed by atoms with Crippen LogP contribution in [0.4, 0.5) is 5.69 Å². The maximum absolute atomic E-state index is 11.6. The third-order valence-corrected chi connectivity index (χ3v) is 3.36. The van der Waals surface area contributed by atoms with Crippen LogP contribution in [0, 0.1) is 0 Å². The summed E-state index contributed by atoms with van der Waals surface area (Å²) in [4.78, 5) is 13.8. The number of anilines is 1. The quantitative estimate of drug-likeness (QED) is 0.600. The third-order valence-electron chi connectivity index (χ3n) is 3.36. The fourth-order valence-corrected chi connectivity index (χ4v) is 2.10. The van der Waals surface area contributed by atoms with Crippen LogP contribution in [-0.2, 0) is 4.79 Å². The highest BCUT2D eigenvalue weighted by Gasteiger charge is 2.00. The molecule has 22 heavy (non-hydrogen) atoms. The molecule has 1 aromatic heterocycles. The molecule has 0 unspecified atom stereocenters. The first-order valence-corrected chi connectivity index (χ1v) is 7.51. The van der Waals surface area contributed by atoms with Gasteiger partial charge in [0, 0.05) is 31.9 Å². The summed E-state index contributed by atoms with van der Waals surface area (Å²) in [5.74, 6) is 0.590. The van der Waals surface area contributed by atoms with Crippen LogP contribution in [0.3, 0.4) is 0 Å². The summed E-state index contributed by atoms with van der Waals surface area (Å²) in [7, 11) is 2.08. The summed E-state index contributed by atoms with van der Waals surface area (Å²) in [6.07, 6.45) is 6.74. The van der Waals surface area contributed by atoms with Gasteiger partial charge in [0.1, 0.15) is 5.76 Å². The lowest BCUT2D eigenvalue weighted by Gasteiger charge is -2.18. The lowest BCUT2D eigenvalue weighted by Crippen LogP contribution is -2.24. The molecule has 0 bridgehead atoms. The van der Waals surface area contributed by atoms with Gasteiger partial charge in [-0.3, -0.25) is 4.79 Å². The monoisotopic (exact) mass is 298 g/mol. The Morgan fingerprint density at radius 2 is 2.00 bits per heavy atom. The van der Waals surface area contributed by atoms with Crippen molar-refractivity contribution in [1.82, 2.24) is 5.32 Å². The molecule has 0 atom stereocenters. The molecule has 0 aliphatic rings. The first-order valence-electron chi connectivity index (χ1n) is 7.51. The molecule has 0 fully saturated rings. The van der Waals surface area contributed by atoms with Crippen LogP contribution in [-0.4, -0.2) is 26.0 Å². The highest BCUT2D eigenvalue weighted by atomic mass is 16.3. The summed E-state index contributed by atoms with van der Waals surface area (Å²) in [6, 6.07) is 13.9. The van der Waals surface area contributed by atoms with Gasteiger partial charge >= 0.3 is 0 Å². The van der Waals surface area contributed by atoms with Crippen molar-refractivity contribution in [1.29, 1.82) is 0 Å². The predicted octanol–water partition coefficient (Wildman–Crippen LogP) is 3.33. The molecule has 0 saturated heterocycles. The van der Waals surface area contributed by atoms with E-state index < -0.39 is 0 Å². The van der Waals surface area contributed by atoms with E-state index in [4.69, 9.17) is 4.42 Å². The van der Waals surface area contributed by atoms with Crippen molar-refractivity contribution in [2.75, 3.05) is 25.0 Å². The lowest BCUT2D eigenvalue weighted by atomic mass is 10.2. The van der Waals surface area contributed by atoms with Crippen molar-refractivity contribution in [3.8, 4) is 0 Å². The number of furan rings is 1. The van der Waals surface area contributed by atoms with Crippen molar-refractivity contribution in [3.63, 3.8) is 0 Å². The largest absolute Gasteiger partial charge is 0.465 e. The lowest BCUT2D eigenvalue weighted by molar-refractivity contribution is -0.116. The summed E-state index contributed by atoms with van der Waals surface area (Å²) in [5, 5.41) is 2.87. The average Bonchev–Trinajstić information content (AvgIpc) is 3.06. The molecule has 0 radical (unpaired) electrons. The molecule has 1 heterocycles. The van der Waals surface area contributed by atoms with Crippen LogP contribution in [0.15, 0.2) is 59.2 Å². The van der Waals surface area contributed by atoms with Crippen molar-refractivity contribution < 1.29 is 9.21 Å². The Morgan fingerprint density at radius 3 is 2.73 bits per heavy atom. The van der Waals surface area contributed by atoms with E-state index >= 15 is 0 Å². The van der Waals surface area contributed by atoms with E-state index in [2.05, 4.69) is 29.4 Å². The van der Waals surface area contributed by atoms with Crippen molar-refractivity contribution >= 4 is 17.7 Å². The Labute approximate surface area is 131 Å². The topological polar surface area (TPSA) is 45.5 Å². The first-order chi connectivity index (χ1) is 10.8. The number of hydrogen-bond donors (Lipinski definition) is 1. The number of carbonyl (C=O) groups excluding carboxylic acids is 1. The molecule has 0 saturated carbocycles. The average molecular weight is 298 g/mol. The molecule has 2 rings (SSSR count). The molecule has 4 heteroatoms. The fraction of sp³-hybridized carbons (Fsp3) is 0.278. The number of para-hydroxylation sites is 1. The Bertz CT molecular complexity index is 576. The second kappa shape index (κ2) is 8.72. The molecule has 4 nitrogen and oxygen atoms in total. The van der Waals surface area contributed by atoms with Crippen LogP contribution in [0.1, 0.15) is 18.6 Å². The van der Waals surface area contributed by atoms with Gasteiger partial charge in [0.25, 0.3) is 0 Å². The molecule has 1 N–H and O–H groups in total. The Hall–Kier alpha value is -2.49. The van der Waals surface area contributed by atoms with Gasteiger partial charge in [0.05, 0.1) is 6.26 Å². The summed E-state index contributed by atoms with van der Waals surface area (Å²) in [5.41, 5.74) is 1.22. The number of carbonyl (C=O) groups is 1. The summed E-state index contributed by atoms with van der Waals surface area (Å²) in [6.45, 7) is 1.66. The van der Waals surface area contributed by atoms with E-state index in [9.17, 15) is 4.79 Å². The summed E-state index contributed by atoms with van der Waals surface area (Å²) < 4.78 is 5.12. The molecule has 1 aromatic carbocycles. The van der Waals surface area contributed by atoms with Gasteiger partial charge in [-0.15, -0.1) is 0 Å². The van der Waals surface area contributed by atoms with E-state index in [1.54, 1.807) is 18.4 Å². The number of amides is 1. The molecular formula is C18H22N2O2. The van der Waals surface area contributed by atoms with Crippen molar-refractivity contribution in [2.45, 2.75) is 12.8 Å². The van der Waals surface area contributed by atoms with Crippen molar-refractivity contribution in [3.05, 3.63) is 60.6 Å². The second-order valence-electron chi connectivity index (χ2n) is 5.10. The van der Waals surface area contributed by atoms with E-state index in [0.717, 1.165) is 19.4 Å². The Balaban J connectivity index is 1.58. The minimum atomic E-state index is -0.0900. The number of benzene rings is 1. The van der Waals surface area contributed by atoms with Gasteiger partial charge in [-0.25, -0.2) is 0 Å². The van der Waals surface area contributed by atoms with Gasteiger partial charge in [-0.05, 0) is 43.2 Å². The smallest absolute Gasteiger partial charge is 0.244 e. The Kier molecular flexibility index (Phi) is 6.30. The molecule has 0 spiro atoms. The number of rotatable bonds is 8. The van der Waals surface area contributed by atoms with E-state index in [-0.39, 0.29) is 5.91 Å². The molecule has 2 aromatic rings. The Morgan fingerprint density at radius 1 is 1.18 bits per heavy atom.